The monoisotopic (exact) mass is 267 g/mol. The lowest BCUT2D eigenvalue weighted by Crippen LogP contribution is -2.23. The molecule has 0 aliphatic rings. The van der Waals surface area contributed by atoms with E-state index in [9.17, 15) is 14.0 Å². The molecule has 0 spiro atoms. The zero-order valence-electron chi connectivity index (χ0n) is 11.0. The molecule has 0 aliphatic heterocycles. The van der Waals surface area contributed by atoms with Crippen LogP contribution >= 0.6 is 0 Å². The fraction of sp³-hybridized carbons (Fsp3) is 0.385. The standard InChI is InChI=1S/C13H18FN3O2/c1-8(5-6-15)13(19)17-12-7-10(16-9(2)18)3-4-11(12)14/h3-4,7-8H,5-6,15H2,1-2H3,(H,16,18)(H,17,19). The SMILES string of the molecule is CC(=O)Nc1ccc(F)c(NC(=O)C(C)CCN)c1. The number of anilines is 2. The van der Waals surface area contributed by atoms with Gasteiger partial charge in [-0.15, -0.1) is 0 Å². The van der Waals surface area contributed by atoms with Gasteiger partial charge < -0.3 is 16.4 Å². The van der Waals surface area contributed by atoms with Crippen molar-refractivity contribution in [3.63, 3.8) is 0 Å². The van der Waals surface area contributed by atoms with Crippen molar-refractivity contribution in [2.45, 2.75) is 20.3 Å². The molecule has 2 amide bonds. The van der Waals surface area contributed by atoms with Gasteiger partial charge in [-0.05, 0) is 31.2 Å². The number of carbonyl (C=O) groups is 2. The normalized spacial score (nSPS) is 11.8. The molecule has 0 bridgehead atoms. The molecule has 0 aromatic heterocycles. The van der Waals surface area contributed by atoms with Gasteiger partial charge in [0.15, 0.2) is 0 Å². The largest absolute Gasteiger partial charge is 0.330 e. The molecule has 1 aromatic carbocycles. The number of carbonyl (C=O) groups excluding carboxylic acids is 2. The van der Waals surface area contributed by atoms with Crippen molar-refractivity contribution < 1.29 is 14.0 Å². The Morgan fingerprint density at radius 1 is 1.37 bits per heavy atom. The number of benzene rings is 1. The van der Waals surface area contributed by atoms with Crippen molar-refractivity contribution in [2.75, 3.05) is 17.2 Å². The quantitative estimate of drug-likeness (QED) is 0.759. The van der Waals surface area contributed by atoms with Crippen LogP contribution in [0.25, 0.3) is 0 Å². The molecule has 0 saturated carbocycles. The first-order valence-electron chi connectivity index (χ1n) is 6.02. The van der Waals surface area contributed by atoms with Crippen LogP contribution in [0.3, 0.4) is 0 Å². The molecule has 0 heterocycles. The number of halogens is 1. The molecule has 0 fully saturated rings. The first-order chi connectivity index (χ1) is 8.93. The third kappa shape index (κ3) is 4.67. The molecule has 4 N–H and O–H groups in total. The fourth-order valence-corrected chi connectivity index (χ4v) is 1.54. The molecule has 0 radical (unpaired) electrons. The zero-order valence-corrected chi connectivity index (χ0v) is 11.0. The van der Waals surface area contributed by atoms with Crippen LogP contribution < -0.4 is 16.4 Å². The molecule has 19 heavy (non-hydrogen) atoms. The van der Waals surface area contributed by atoms with Gasteiger partial charge in [0.05, 0.1) is 5.69 Å². The van der Waals surface area contributed by atoms with E-state index >= 15 is 0 Å². The minimum atomic E-state index is -0.553. The van der Waals surface area contributed by atoms with E-state index in [0.29, 0.717) is 18.7 Å². The molecule has 1 aromatic rings. The summed E-state index contributed by atoms with van der Waals surface area (Å²) in [5, 5.41) is 5.01. The maximum atomic E-state index is 13.6. The van der Waals surface area contributed by atoms with Gasteiger partial charge in [-0.25, -0.2) is 4.39 Å². The third-order valence-corrected chi connectivity index (χ3v) is 2.59. The summed E-state index contributed by atoms with van der Waals surface area (Å²) < 4.78 is 13.6. The van der Waals surface area contributed by atoms with E-state index in [1.807, 2.05) is 0 Å². The molecule has 1 atom stereocenters. The Morgan fingerprint density at radius 3 is 2.63 bits per heavy atom. The predicted octanol–water partition coefficient (Wildman–Crippen LogP) is 1.71. The van der Waals surface area contributed by atoms with Crippen LogP contribution in [0, 0.1) is 11.7 Å². The Hall–Kier alpha value is -1.95. The second-order valence-electron chi connectivity index (χ2n) is 4.34. The van der Waals surface area contributed by atoms with E-state index in [-0.39, 0.29) is 23.4 Å². The van der Waals surface area contributed by atoms with Gasteiger partial charge in [-0.1, -0.05) is 6.92 Å². The number of nitrogens with one attached hydrogen (secondary N) is 2. The van der Waals surface area contributed by atoms with Crippen LogP contribution in [0.4, 0.5) is 15.8 Å². The van der Waals surface area contributed by atoms with Gasteiger partial charge in [-0.2, -0.15) is 0 Å². The summed E-state index contributed by atoms with van der Waals surface area (Å²) in [7, 11) is 0. The van der Waals surface area contributed by atoms with Crippen LogP contribution in [0.15, 0.2) is 18.2 Å². The van der Waals surface area contributed by atoms with Crippen molar-refractivity contribution in [2.24, 2.45) is 11.7 Å². The minimum absolute atomic E-state index is 0.0418. The smallest absolute Gasteiger partial charge is 0.227 e. The average molecular weight is 267 g/mol. The second-order valence-corrected chi connectivity index (χ2v) is 4.34. The molecular formula is C13H18FN3O2. The van der Waals surface area contributed by atoms with Crippen molar-refractivity contribution in [1.29, 1.82) is 0 Å². The van der Waals surface area contributed by atoms with Crippen LogP contribution in [0.5, 0.6) is 0 Å². The Bertz CT molecular complexity index is 477. The van der Waals surface area contributed by atoms with Gasteiger partial charge >= 0.3 is 0 Å². The number of nitrogens with two attached hydrogens (primary N) is 1. The summed E-state index contributed by atoms with van der Waals surface area (Å²) in [6.45, 7) is 3.46. The Morgan fingerprint density at radius 2 is 2.05 bits per heavy atom. The first-order valence-corrected chi connectivity index (χ1v) is 6.02. The number of hydrogen-bond acceptors (Lipinski definition) is 3. The minimum Gasteiger partial charge on any atom is -0.330 e. The predicted molar refractivity (Wildman–Crippen MR) is 72.2 cm³/mol. The molecule has 1 unspecified atom stereocenters. The van der Waals surface area contributed by atoms with E-state index < -0.39 is 5.82 Å². The lowest BCUT2D eigenvalue weighted by atomic mass is 10.1. The fourth-order valence-electron chi connectivity index (χ4n) is 1.54. The number of hydrogen-bond donors (Lipinski definition) is 3. The van der Waals surface area contributed by atoms with E-state index in [2.05, 4.69) is 10.6 Å². The van der Waals surface area contributed by atoms with Crippen LogP contribution in [-0.2, 0) is 9.59 Å². The summed E-state index contributed by atoms with van der Waals surface area (Å²) in [6, 6.07) is 3.99. The number of amides is 2. The van der Waals surface area contributed by atoms with Crippen LogP contribution in [0.2, 0.25) is 0 Å². The third-order valence-electron chi connectivity index (χ3n) is 2.59. The van der Waals surface area contributed by atoms with Crippen LogP contribution in [-0.4, -0.2) is 18.4 Å². The Labute approximate surface area is 111 Å². The van der Waals surface area contributed by atoms with Gasteiger partial charge in [0.25, 0.3) is 0 Å². The molecule has 1 rings (SSSR count). The van der Waals surface area contributed by atoms with Crippen molar-refractivity contribution in [3.05, 3.63) is 24.0 Å². The lowest BCUT2D eigenvalue weighted by Gasteiger charge is -2.12. The Balaban J connectivity index is 2.82. The van der Waals surface area contributed by atoms with Crippen LogP contribution in [0.1, 0.15) is 20.3 Å². The molecule has 0 aliphatic carbocycles. The lowest BCUT2D eigenvalue weighted by molar-refractivity contribution is -0.119. The van der Waals surface area contributed by atoms with Gasteiger partial charge in [-0.3, -0.25) is 9.59 Å². The first kappa shape index (κ1) is 15.1. The molecule has 104 valence electrons. The summed E-state index contributed by atoms with van der Waals surface area (Å²) >= 11 is 0. The second kappa shape index (κ2) is 6.84. The summed E-state index contributed by atoms with van der Waals surface area (Å²) in [4.78, 5) is 22.7. The summed E-state index contributed by atoms with van der Waals surface area (Å²) in [6.07, 6.45) is 0.527. The molecular weight excluding hydrogens is 249 g/mol. The Kier molecular flexibility index (Phi) is 5.44. The zero-order chi connectivity index (χ0) is 14.4. The van der Waals surface area contributed by atoms with Gasteiger partial charge in [0, 0.05) is 18.5 Å². The highest BCUT2D eigenvalue weighted by Crippen LogP contribution is 2.20. The topological polar surface area (TPSA) is 84.2 Å². The maximum Gasteiger partial charge on any atom is 0.227 e. The number of rotatable bonds is 5. The molecule has 6 heteroatoms. The molecule has 5 nitrogen and oxygen atoms in total. The van der Waals surface area contributed by atoms with Gasteiger partial charge in [0.2, 0.25) is 11.8 Å². The van der Waals surface area contributed by atoms with Crippen molar-refractivity contribution >= 4 is 23.2 Å². The van der Waals surface area contributed by atoms with E-state index in [1.165, 1.54) is 25.1 Å². The summed E-state index contributed by atoms with van der Waals surface area (Å²) in [5.74, 6) is -1.42. The van der Waals surface area contributed by atoms with Gasteiger partial charge in [0.1, 0.15) is 5.82 Å². The maximum absolute atomic E-state index is 13.6. The van der Waals surface area contributed by atoms with Crippen molar-refractivity contribution in [1.82, 2.24) is 0 Å². The highest BCUT2D eigenvalue weighted by atomic mass is 19.1. The summed E-state index contributed by atoms with van der Waals surface area (Å²) in [5.41, 5.74) is 5.84. The molecule has 0 saturated heterocycles. The highest BCUT2D eigenvalue weighted by Gasteiger charge is 2.14. The average Bonchev–Trinajstić information content (AvgIpc) is 2.33. The van der Waals surface area contributed by atoms with E-state index in [4.69, 9.17) is 5.73 Å². The van der Waals surface area contributed by atoms with E-state index in [0.717, 1.165) is 0 Å². The van der Waals surface area contributed by atoms with Crippen molar-refractivity contribution in [3.8, 4) is 0 Å². The van der Waals surface area contributed by atoms with E-state index in [1.54, 1.807) is 6.92 Å². The highest BCUT2D eigenvalue weighted by molar-refractivity contribution is 5.94.